The van der Waals surface area contributed by atoms with Crippen molar-refractivity contribution in [2.75, 3.05) is 5.32 Å². The Morgan fingerprint density at radius 1 is 0.966 bits per heavy atom. The van der Waals surface area contributed by atoms with Crippen LogP contribution in [-0.4, -0.2) is 12.0 Å². The van der Waals surface area contributed by atoms with Gasteiger partial charge in [-0.3, -0.25) is 4.79 Å². The molecule has 0 aromatic heterocycles. The lowest BCUT2D eigenvalue weighted by atomic mass is 10.1. The Labute approximate surface area is 177 Å². The molecule has 29 heavy (non-hydrogen) atoms. The summed E-state index contributed by atoms with van der Waals surface area (Å²) in [5, 5.41) is 2.99. The van der Waals surface area contributed by atoms with Gasteiger partial charge in [-0.25, -0.2) is 0 Å². The number of nitrogens with one attached hydrogen (secondary N) is 1. The number of thioether (sulfide) groups is 1. The first kappa shape index (κ1) is 21.0. The van der Waals surface area contributed by atoms with Gasteiger partial charge in [0.15, 0.2) is 6.10 Å². The molecule has 0 bridgehead atoms. The number of hydrogen-bond donors (Lipinski definition) is 1. The van der Waals surface area contributed by atoms with E-state index in [0.717, 1.165) is 33.9 Å². The molecule has 150 valence electrons. The SMILES string of the molecule is Cc1cc(CSc2ccccc2)ccc1NC(=O)[C@H](C)Oc1cccc(C)c1C. The van der Waals surface area contributed by atoms with E-state index in [0.29, 0.717) is 0 Å². The molecule has 3 nitrogen and oxygen atoms in total. The van der Waals surface area contributed by atoms with Crippen LogP contribution in [0.4, 0.5) is 5.69 Å². The second-order valence-corrected chi connectivity index (χ2v) is 8.25. The number of carbonyl (C=O) groups is 1. The number of ether oxygens (including phenoxy) is 1. The highest BCUT2D eigenvalue weighted by Crippen LogP contribution is 2.26. The van der Waals surface area contributed by atoms with Crippen LogP contribution in [0, 0.1) is 20.8 Å². The Hall–Kier alpha value is -2.72. The molecular formula is C25H27NO2S. The first-order valence-electron chi connectivity index (χ1n) is 9.75. The summed E-state index contributed by atoms with van der Waals surface area (Å²) in [5.74, 6) is 1.49. The van der Waals surface area contributed by atoms with Crippen LogP contribution in [-0.2, 0) is 10.5 Å². The smallest absolute Gasteiger partial charge is 0.265 e. The van der Waals surface area contributed by atoms with Gasteiger partial charge < -0.3 is 10.1 Å². The van der Waals surface area contributed by atoms with Gasteiger partial charge in [0.25, 0.3) is 5.91 Å². The second kappa shape index (κ2) is 9.66. The fourth-order valence-corrected chi connectivity index (χ4v) is 3.83. The van der Waals surface area contributed by atoms with Gasteiger partial charge in [0, 0.05) is 16.3 Å². The maximum absolute atomic E-state index is 12.6. The van der Waals surface area contributed by atoms with E-state index < -0.39 is 6.10 Å². The Morgan fingerprint density at radius 3 is 2.45 bits per heavy atom. The van der Waals surface area contributed by atoms with E-state index >= 15 is 0 Å². The number of amides is 1. The number of benzene rings is 3. The Balaban J connectivity index is 1.60. The average Bonchev–Trinajstić information content (AvgIpc) is 2.72. The number of rotatable bonds is 7. The van der Waals surface area contributed by atoms with E-state index in [4.69, 9.17) is 4.74 Å². The maximum atomic E-state index is 12.6. The normalized spacial score (nSPS) is 11.7. The molecule has 0 heterocycles. The zero-order valence-corrected chi connectivity index (χ0v) is 18.2. The lowest BCUT2D eigenvalue weighted by Crippen LogP contribution is -2.30. The molecule has 0 aliphatic rings. The lowest BCUT2D eigenvalue weighted by molar-refractivity contribution is -0.122. The molecule has 0 saturated heterocycles. The quantitative estimate of drug-likeness (QED) is 0.468. The Bertz CT molecular complexity index is 985. The van der Waals surface area contributed by atoms with Crippen molar-refractivity contribution in [3.05, 3.63) is 89.0 Å². The van der Waals surface area contributed by atoms with Gasteiger partial charge in [-0.2, -0.15) is 0 Å². The summed E-state index contributed by atoms with van der Waals surface area (Å²) in [4.78, 5) is 13.9. The standard InChI is InChI=1S/C25H27NO2S/c1-17-9-8-12-24(19(17)3)28-20(4)25(27)26-23-14-13-21(15-18(23)2)16-29-22-10-6-5-7-11-22/h5-15,20H,16H2,1-4H3,(H,26,27)/t20-/m0/s1. The fraction of sp³-hybridized carbons (Fsp3) is 0.240. The summed E-state index contributed by atoms with van der Waals surface area (Å²) < 4.78 is 5.90. The summed E-state index contributed by atoms with van der Waals surface area (Å²) in [7, 11) is 0. The summed E-state index contributed by atoms with van der Waals surface area (Å²) in [6.45, 7) is 7.83. The van der Waals surface area contributed by atoms with Gasteiger partial charge in [0.05, 0.1) is 0 Å². The van der Waals surface area contributed by atoms with Crippen LogP contribution < -0.4 is 10.1 Å². The van der Waals surface area contributed by atoms with Crippen molar-refractivity contribution in [3.63, 3.8) is 0 Å². The van der Waals surface area contributed by atoms with Crippen molar-refractivity contribution in [1.29, 1.82) is 0 Å². The zero-order valence-electron chi connectivity index (χ0n) is 17.4. The van der Waals surface area contributed by atoms with Crippen molar-refractivity contribution in [1.82, 2.24) is 0 Å². The minimum absolute atomic E-state index is 0.152. The van der Waals surface area contributed by atoms with Crippen LogP contribution in [0.2, 0.25) is 0 Å². The highest BCUT2D eigenvalue weighted by molar-refractivity contribution is 7.98. The van der Waals surface area contributed by atoms with Gasteiger partial charge in [0.2, 0.25) is 0 Å². The molecule has 1 amide bonds. The molecule has 0 saturated carbocycles. The van der Waals surface area contributed by atoms with Crippen molar-refractivity contribution in [2.24, 2.45) is 0 Å². The Morgan fingerprint density at radius 2 is 1.72 bits per heavy atom. The van der Waals surface area contributed by atoms with Crippen molar-refractivity contribution < 1.29 is 9.53 Å². The molecule has 0 aliphatic heterocycles. The van der Waals surface area contributed by atoms with E-state index in [-0.39, 0.29) is 5.91 Å². The second-order valence-electron chi connectivity index (χ2n) is 7.20. The van der Waals surface area contributed by atoms with E-state index in [1.165, 1.54) is 10.5 Å². The predicted molar refractivity (Wildman–Crippen MR) is 122 cm³/mol. The first-order chi connectivity index (χ1) is 13.9. The van der Waals surface area contributed by atoms with Crippen LogP contribution in [0.3, 0.4) is 0 Å². The summed E-state index contributed by atoms with van der Waals surface area (Å²) >= 11 is 1.80. The van der Waals surface area contributed by atoms with Crippen molar-refractivity contribution >= 4 is 23.4 Å². The molecule has 0 fully saturated rings. The summed E-state index contributed by atoms with van der Waals surface area (Å²) in [5.41, 5.74) is 5.30. The molecule has 1 atom stereocenters. The van der Waals surface area contributed by atoms with Crippen molar-refractivity contribution in [2.45, 2.75) is 44.4 Å². The zero-order chi connectivity index (χ0) is 20.8. The molecule has 1 N–H and O–H groups in total. The Kier molecular flexibility index (Phi) is 6.99. The van der Waals surface area contributed by atoms with Gasteiger partial charge in [-0.15, -0.1) is 11.8 Å². The number of carbonyl (C=O) groups excluding carboxylic acids is 1. The average molecular weight is 406 g/mol. The van der Waals surface area contributed by atoms with Gasteiger partial charge in [-0.05, 0) is 74.2 Å². The van der Waals surface area contributed by atoms with Gasteiger partial charge in [0.1, 0.15) is 5.75 Å². The minimum atomic E-state index is -0.580. The predicted octanol–water partition coefficient (Wildman–Crippen LogP) is 6.31. The van der Waals surface area contributed by atoms with E-state index in [1.54, 1.807) is 18.7 Å². The van der Waals surface area contributed by atoms with Crippen LogP contribution in [0.5, 0.6) is 5.75 Å². The minimum Gasteiger partial charge on any atom is -0.481 e. The molecule has 0 spiro atoms. The van der Waals surface area contributed by atoms with Crippen LogP contribution in [0.15, 0.2) is 71.6 Å². The topological polar surface area (TPSA) is 38.3 Å². The molecule has 0 radical (unpaired) electrons. The third-order valence-electron chi connectivity index (χ3n) is 4.93. The molecule has 4 heteroatoms. The van der Waals surface area contributed by atoms with Gasteiger partial charge >= 0.3 is 0 Å². The van der Waals surface area contributed by atoms with Gasteiger partial charge in [-0.1, -0.05) is 42.5 Å². The number of aryl methyl sites for hydroxylation is 2. The largest absolute Gasteiger partial charge is 0.481 e. The summed E-state index contributed by atoms with van der Waals surface area (Å²) in [6, 6.07) is 22.4. The monoisotopic (exact) mass is 405 g/mol. The highest BCUT2D eigenvalue weighted by atomic mass is 32.2. The van der Waals surface area contributed by atoms with E-state index in [9.17, 15) is 4.79 Å². The summed E-state index contributed by atoms with van der Waals surface area (Å²) in [6.07, 6.45) is -0.580. The number of anilines is 1. The van der Waals surface area contributed by atoms with Crippen LogP contribution in [0.25, 0.3) is 0 Å². The van der Waals surface area contributed by atoms with Crippen molar-refractivity contribution in [3.8, 4) is 5.75 Å². The third-order valence-corrected chi connectivity index (χ3v) is 6.01. The lowest BCUT2D eigenvalue weighted by Gasteiger charge is -2.18. The molecule has 3 aromatic rings. The first-order valence-corrected chi connectivity index (χ1v) is 10.7. The molecular weight excluding hydrogens is 378 g/mol. The third kappa shape index (κ3) is 5.64. The molecule has 0 aliphatic carbocycles. The molecule has 3 aromatic carbocycles. The van der Waals surface area contributed by atoms with E-state index in [2.05, 4.69) is 29.6 Å². The van der Waals surface area contributed by atoms with Crippen LogP contribution in [0.1, 0.15) is 29.2 Å². The van der Waals surface area contributed by atoms with Crippen LogP contribution >= 0.6 is 11.8 Å². The fourth-order valence-electron chi connectivity index (χ4n) is 2.97. The number of hydrogen-bond acceptors (Lipinski definition) is 3. The molecule has 3 rings (SSSR count). The maximum Gasteiger partial charge on any atom is 0.265 e. The molecule has 0 unspecified atom stereocenters. The highest BCUT2D eigenvalue weighted by Gasteiger charge is 2.17. The van der Waals surface area contributed by atoms with E-state index in [1.807, 2.05) is 63.2 Å².